The number of amides is 1. The Morgan fingerprint density at radius 1 is 1.22 bits per heavy atom. The van der Waals surface area contributed by atoms with Crippen LogP contribution in [-0.4, -0.2) is 86.4 Å². The third-order valence-electron chi connectivity index (χ3n) is 7.93. The number of anilines is 1. The van der Waals surface area contributed by atoms with Crippen LogP contribution >= 0.6 is 11.6 Å². The molecule has 4 aliphatic rings. The van der Waals surface area contributed by atoms with Gasteiger partial charge in [-0.15, -0.1) is 0 Å². The molecule has 2 bridgehead atoms. The molecule has 3 atom stereocenters. The molecule has 1 unspecified atom stereocenters. The molecule has 4 fully saturated rings. The second-order valence-corrected chi connectivity index (χ2v) is 10.6. The number of piperazine rings is 1. The Morgan fingerprint density at radius 2 is 1.95 bits per heavy atom. The first kappa shape index (κ1) is 24.2. The normalized spacial score (nSPS) is 27.4. The second-order valence-electron chi connectivity index (χ2n) is 10.3. The van der Waals surface area contributed by atoms with E-state index >= 15 is 4.39 Å². The van der Waals surface area contributed by atoms with Crippen LogP contribution in [0.1, 0.15) is 25.7 Å². The summed E-state index contributed by atoms with van der Waals surface area (Å²) in [5, 5.41) is 9.59. The van der Waals surface area contributed by atoms with Crippen LogP contribution < -0.4 is 9.64 Å². The molecule has 196 valence electrons. The molecule has 0 spiro atoms. The summed E-state index contributed by atoms with van der Waals surface area (Å²) in [6.45, 7) is 5.43. The van der Waals surface area contributed by atoms with Gasteiger partial charge in [-0.3, -0.25) is 9.80 Å². The Bertz CT molecular complexity index is 1340. The van der Waals surface area contributed by atoms with Gasteiger partial charge in [-0.05, 0) is 25.7 Å². The van der Waals surface area contributed by atoms with Crippen molar-refractivity contribution in [2.75, 3.05) is 37.7 Å². The van der Waals surface area contributed by atoms with Crippen molar-refractivity contribution in [3.05, 3.63) is 41.0 Å². The van der Waals surface area contributed by atoms with Crippen molar-refractivity contribution in [1.29, 1.82) is 0 Å². The summed E-state index contributed by atoms with van der Waals surface area (Å²) < 4.78 is 47.8. The molecule has 9 nitrogen and oxygen atoms in total. The Morgan fingerprint density at radius 3 is 2.62 bits per heavy atom. The van der Waals surface area contributed by atoms with E-state index in [4.69, 9.17) is 16.3 Å². The summed E-state index contributed by atoms with van der Waals surface area (Å²) in [7, 11) is 0. The predicted molar refractivity (Wildman–Crippen MR) is 129 cm³/mol. The van der Waals surface area contributed by atoms with E-state index in [0.29, 0.717) is 37.3 Å². The summed E-state index contributed by atoms with van der Waals surface area (Å²) in [6.07, 6.45) is 0.838. The van der Waals surface area contributed by atoms with Crippen molar-refractivity contribution in [2.45, 2.75) is 43.3 Å². The molecule has 0 aliphatic carbocycles. The molecular weight excluding hydrogens is 513 g/mol. The first-order valence-electron chi connectivity index (χ1n) is 12.0. The summed E-state index contributed by atoms with van der Waals surface area (Å²) in [4.78, 5) is 29.8. The van der Waals surface area contributed by atoms with E-state index in [0.717, 1.165) is 18.4 Å². The van der Waals surface area contributed by atoms with Gasteiger partial charge >= 0.3 is 12.1 Å². The molecule has 0 radical (unpaired) electrons. The van der Waals surface area contributed by atoms with Crippen molar-refractivity contribution < 1.29 is 27.8 Å². The number of aromatic nitrogens is 3. The van der Waals surface area contributed by atoms with Gasteiger partial charge in [-0.2, -0.15) is 18.7 Å². The Balaban J connectivity index is 1.34. The number of fused-ring (bicyclic) bond motifs is 4. The Kier molecular flexibility index (Phi) is 5.72. The van der Waals surface area contributed by atoms with Gasteiger partial charge in [0.25, 0.3) is 6.08 Å². The lowest BCUT2D eigenvalue weighted by Crippen LogP contribution is -2.55. The quantitative estimate of drug-likeness (QED) is 0.461. The molecule has 37 heavy (non-hydrogen) atoms. The zero-order chi connectivity index (χ0) is 26.1. The number of rotatable bonds is 4. The van der Waals surface area contributed by atoms with Gasteiger partial charge in [0.2, 0.25) is 0 Å². The molecule has 6 rings (SSSR count). The zero-order valence-electron chi connectivity index (χ0n) is 19.8. The van der Waals surface area contributed by atoms with Crippen molar-refractivity contribution in [3.63, 3.8) is 0 Å². The van der Waals surface area contributed by atoms with E-state index in [1.165, 1.54) is 11.1 Å². The highest BCUT2D eigenvalue weighted by Crippen LogP contribution is 2.44. The number of pyridine rings is 1. The molecule has 13 heteroatoms. The van der Waals surface area contributed by atoms with Crippen LogP contribution in [0.2, 0.25) is 5.15 Å². The number of hydrogen-bond donors (Lipinski definition) is 1. The molecule has 4 saturated heterocycles. The topological polar surface area (TPSA) is 94.9 Å². The maximum absolute atomic E-state index is 15.1. The van der Waals surface area contributed by atoms with Gasteiger partial charge in [-0.1, -0.05) is 23.8 Å². The fourth-order valence-electron chi connectivity index (χ4n) is 6.36. The van der Waals surface area contributed by atoms with E-state index in [2.05, 4.69) is 21.5 Å². The molecule has 1 amide bonds. The Labute approximate surface area is 215 Å². The number of carbonyl (C=O) groups is 1. The van der Waals surface area contributed by atoms with E-state index in [1.54, 1.807) is 0 Å². The van der Waals surface area contributed by atoms with Crippen LogP contribution in [0.5, 0.6) is 6.01 Å². The van der Waals surface area contributed by atoms with Gasteiger partial charge in [0, 0.05) is 37.9 Å². The molecule has 0 aromatic carbocycles. The number of carboxylic acid groups (broad SMARTS) is 1. The minimum atomic E-state index is -1.68. The van der Waals surface area contributed by atoms with Crippen molar-refractivity contribution in [1.82, 2.24) is 24.8 Å². The van der Waals surface area contributed by atoms with Crippen molar-refractivity contribution in [3.8, 4) is 6.01 Å². The van der Waals surface area contributed by atoms with Crippen LogP contribution in [0.4, 0.5) is 23.8 Å². The summed E-state index contributed by atoms with van der Waals surface area (Å²) in [6, 6.07) is -0.541. The lowest BCUT2D eigenvalue weighted by molar-refractivity contribution is 0.107. The lowest BCUT2D eigenvalue weighted by atomic mass is 9.92. The predicted octanol–water partition coefficient (Wildman–Crippen LogP) is 4.08. The van der Waals surface area contributed by atoms with Crippen LogP contribution in [-0.2, 0) is 0 Å². The number of hydrogen-bond acceptors (Lipinski definition) is 7. The van der Waals surface area contributed by atoms with Crippen LogP contribution in [0.3, 0.4) is 0 Å². The third-order valence-corrected chi connectivity index (χ3v) is 8.19. The largest absolute Gasteiger partial charge is 0.465 e. The average Bonchev–Trinajstić information content (AvgIpc) is 3.45. The lowest BCUT2D eigenvalue weighted by Gasteiger charge is -2.40. The number of ether oxygens (including phenoxy) is 1. The first-order valence-corrected chi connectivity index (χ1v) is 12.4. The SMILES string of the molecule is C=C1CN2CC(=C(F)F)CC2(COc2nc(N3C[C@H]4CC[C@@H](C3)N4C(=O)O)c3cnc(Cl)c(F)c3n2)C1. The summed E-state index contributed by atoms with van der Waals surface area (Å²) in [5.74, 6) is -0.448. The molecule has 6 heterocycles. The summed E-state index contributed by atoms with van der Waals surface area (Å²) in [5.41, 5.74) is 0.235. The van der Waals surface area contributed by atoms with E-state index < -0.39 is 23.5 Å². The molecule has 4 aliphatic heterocycles. The molecular formula is C24H24ClF3N6O3. The van der Waals surface area contributed by atoms with Gasteiger partial charge in [0.1, 0.15) is 17.9 Å². The van der Waals surface area contributed by atoms with Crippen molar-refractivity contribution >= 4 is 34.4 Å². The Hall–Kier alpha value is -3.12. The third kappa shape index (κ3) is 3.97. The minimum Gasteiger partial charge on any atom is -0.465 e. The maximum Gasteiger partial charge on any atom is 0.407 e. The van der Waals surface area contributed by atoms with Gasteiger partial charge in [0.15, 0.2) is 11.0 Å². The van der Waals surface area contributed by atoms with Crippen LogP contribution in [0.25, 0.3) is 10.9 Å². The van der Waals surface area contributed by atoms with Crippen molar-refractivity contribution in [2.24, 2.45) is 0 Å². The molecule has 2 aromatic rings. The average molecular weight is 537 g/mol. The zero-order valence-corrected chi connectivity index (χ0v) is 20.5. The highest BCUT2D eigenvalue weighted by atomic mass is 35.5. The van der Waals surface area contributed by atoms with Crippen LogP contribution in [0.15, 0.2) is 30.0 Å². The monoisotopic (exact) mass is 536 g/mol. The van der Waals surface area contributed by atoms with E-state index in [1.807, 2.05) is 9.80 Å². The number of halogens is 4. The van der Waals surface area contributed by atoms with Gasteiger partial charge in [0.05, 0.1) is 23.0 Å². The fraction of sp³-hybridized carbons (Fsp3) is 0.500. The maximum atomic E-state index is 15.1. The standard InChI is InChI=1S/C24H24ClF3N6O3/c1-12-4-24(5-13(20(27)28)8-33(24)7-12)11-37-22-30-18-16(6-29-19(25)17(18)26)21(31-22)32-9-14-2-3-15(10-32)34(14)23(35)36/h6,14-15H,1-5,7-11H2,(H,35,36)/t14-,15+,24?. The molecule has 1 N–H and O–H groups in total. The first-order chi connectivity index (χ1) is 17.6. The van der Waals surface area contributed by atoms with Crippen LogP contribution in [0, 0.1) is 5.82 Å². The smallest absolute Gasteiger partial charge is 0.407 e. The summed E-state index contributed by atoms with van der Waals surface area (Å²) >= 11 is 5.94. The van der Waals surface area contributed by atoms with E-state index in [-0.39, 0.29) is 53.9 Å². The minimum absolute atomic E-state index is 0.0201. The van der Waals surface area contributed by atoms with E-state index in [9.17, 15) is 18.7 Å². The fourth-order valence-corrected chi connectivity index (χ4v) is 6.50. The van der Waals surface area contributed by atoms with Gasteiger partial charge in [-0.25, -0.2) is 14.2 Å². The highest BCUT2D eigenvalue weighted by Gasteiger charge is 2.50. The highest BCUT2D eigenvalue weighted by molar-refractivity contribution is 6.30. The molecule has 0 saturated carbocycles. The number of nitrogens with zero attached hydrogens (tertiary/aromatic N) is 6. The molecule has 2 aromatic heterocycles. The second kappa shape index (κ2) is 8.73. The van der Waals surface area contributed by atoms with Gasteiger partial charge < -0.3 is 14.7 Å².